The zero-order valence-corrected chi connectivity index (χ0v) is 12.1. The van der Waals surface area contributed by atoms with Crippen LogP contribution < -0.4 is 5.32 Å². The minimum atomic E-state index is -0.232. The van der Waals surface area contributed by atoms with Crippen molar-refractivity contribution >= 4 is 0 Å². The minimum absolute atomic E-state index is 0.232. The van der Waals surface area contributed by atoms with E-state index < -0.39 is 0 Å². The average Bonchev–Trinajstić information content (AvgIpc) is 2.27. The molecular formula is C14H29FN2. The smallest absolute Gasteiger partial charge is 0.102 e. The number of nitrogens with zero attached hydrogens (tertiary/aromatic N) is 1. The Morgan fingerprint density at radius 2 is 2.06 bits per heavy atom. The van der Waals surface area contributed by atoms with Crippen LogP contribution in [-0.4, -0.2) is 43.3 Å². The van der Waals surface area contributed by atoms with Crippen LogP contribution in [0.25, 0.3) is 0 Å². The normalized spacial score (nSPS) is 29.3. The van der Waals surface area contributed by atoms with E-state index in [1.54, 1.807) is 0 Å². The van der Waals surface area contributed by atoms with Crippen LogP contribution >= 0.6 is 0 Å². The molecule has 1 heterocycles. The Bertz CT molecular complexity index is 225. The molecule has 1 rings (SSSR count). The maximum absolute atomic E-state index is 12.7. The van der Waals surface area contributed by atoms with Crippen molar-refractivity contribution in [2.75, 3.05) is 26.3 Å². The fraction of sp³-hybridized carbons (Fsp3) is 1.00. The van der Waals surface area contributed by atoms with Crippen molar-refractivity contribution in [3.05, 3.63) is 0 Å². The summed E-state index contributed by atoms with van der Waals surface area (Å²) in [7, 11) is 0. The van der Waals surface area contributed by atoms with Gasteiger partial charge >= 0.3 is 0 Å². The molecule has 0 aromatic carbocycles. The van der Waals surface area contributed by atoms with E-state index in [1.165, 1.54) is 0 Å². The van der Waals surface area contributed by atoms with Crippen molar-refractivity contribution in [2.45, 2.75) is 53.1 Å². The van der Waals surface area contributed by atoms with Gasteiger partial charge in [-0.3, -0.25) is 4.90 Å². The summed E-state index contributed by atoms with van der Waals surface area (Å²) in [5, 5.41) is 3.65. The van der Waals surface area contributed by atoms with Gasteiger partial charge in [-0.15, -0.1) is 0 Å². The second kappa shape index (κ2) is 6.14. The van der Waals surface area contributed by atoms with Crippen LogP contribution in [0.2, 0.25) is 0 Å². The molecule has 0 radical (unpaired) electrons. The monoisotopic (exact) mass is 244 g/mol. The van der Waals surface area contributed by atoms with E-state index in [0.717, 1.165) is 19.5 Å². The van der Waals surface area contributed by atoms with E-state index >= 15 is 0 Å². The van der Waals surface area contributed by atoms with Crippen molar-refractivity contribution in [3.63, 3.8) is 0 Å². The van der Waals surface area contributed by atoms with Crippen LogP contribution in [0.4, 0.5) is 4.39 Å². The molecule has 1 N–H and O–H groups in total. The first-order chi connectivity index (χ1) is 7.90. The van der Waals surface area contributed by atoms with Crippen LogP contribution in [0.5, 0.6) is 0 Å². The lowest BCUT2D eigenvalue weighted by Gasteiger charge is -2.46. The number of halogens is 1. The van der Waals surface area contributed by atoms with Crippen molar-refractivity contribution in [1.82, 2.24) is 10.2 Å². The summed E-state index contributed by atoms with van der Waals surface area (Å²) in [6.07, 6.45) is 1.16. The van der Waals surface area contributed by atoms with Crippen LogP contribution in [0.3, 0.4) is 0 Å². The van der Waals surface area contributed by atoms with E-state index in [9.17, 15) is 4.39 Å². The molecule has 0 spiro atoms. The van der Waals surface area contributed by atoms with Gasteiger partial charge in [0.15, 0.2) is 0 Å². The first-order valence-corrected chi connectivity index (χ1v) is 6.93. The van der Waals surface area contributed by atoms with E-state index in [1.807, 2.05) is 0 Å². The molecule has 0 aliphatic carbocycles. The molecule has 1 saturated heterocycles. The summed E-state index contributed by atoms with van der Waals surface area (Å²) < 4.78 is 12.7. The maximum Gasteiger partial charge on any atom is 0.102 e. The third-order valence-electron chi connectivity index (χ3n) is 4.18. The van der Waals surface area contributed by atoms with Gasteiger partial charge < -0.3 is 5.32 Å². The van der Waals surface area contributed by atoms with Gasteiger partial charge in [-0.05, 0) is 11.3 Å². The fourth-order valence-electron chi connectivity index (χ4n) is 2.61. The molecule has 0 bridgehead atoms. The molecule has 3 unspecified atom stereocenters. The summed E-state index contributed by atoms with van der Waals surface area (Å²) >= 11 is 0. The number of alkyl halides is 1. The number of piperazine rings is 1. The molecular weight excluding hydrogens is 215 g/mol. The van der Waals surface area contributed by atoms with Crippen molar-refractivity contribution in [1.29, 1.82) is 0 Å². The standard InChI is InChI=1S/C14H29FN2/c1-6-11(2)12-9-16-13(14(3,4)5)10-17(12)8-7-15/h11-13,16H,6-10H2,1-5H3. The van der Waals surface area contributed by atoms with Gasteiger partial charge in [0.25, 0.3) is 0 Å². The van der Waals surface area contributed by atoms with Crippen molar-refractivity contribution in [2.24, 2.45) is 11.3 Å². The fourth-order valence-corrected chi connectivity index (χ4v) is 2.61. The molecule has 0 amide bonds. The quantitative estimate of drug-likeness (QED) is 0.818. The number of hydrogen-bond donors (Lipinski definition) is 1. The SMILES string of the molecule is CCC(C)C1CNC(C(C)(C)C)CN1CCF. The summed E-state index contributed by atoms with van der Waals surface area (Å²) in [6.45, 7) is 13.6. The van der Waals surface area contributed by atoms with Crippen LogP contribution in [0.15, 0.2) is 0 Å². The van der Waals surface area contributed by atoms with Gasteiger partial charge in [0.2, 0.25) is 0 Å². The Morgan fingerprint density at radius 3 is 2.53 bits per heavy atom. The van der Waals surface area contributed by atoms with E-state index in [4.69, 9.17) is 0 Å². The first kappa shape index (κ1) is 14.9. The lowest BCUT2D eigenvalue weighted by molar-refractivity contribution is 0.0538. The highest BCUT2D eigenvalue weighted by Gasteiger charge is 2.35. The second-order valence-corrected chi connectivity index (χ2v) is 6.46. The van der Waals surface area contributed by atoms with Crippen molar-refractivity contribution in [3.8, 4) is 0 Å². The molecule has 0 aromatic rings. The lowest BCUT2D eigenvalue weighted by Crippen LogP contribution is -2.62. The molecule has 2 nitrogen and oxygen atoms in total. The maximum atomic E-state index is 12.7. The molecule has 1 aliphatic rings. The van der Waals surface area contributed by atoms with Crippen LogP contribution in [0, 0.1) is 11.3 Å². The Morgan fingerprint density at radius 1 is 1.41 bits per heavy atom. The zero-order valence-electron chi connectivity index (χ0n) is 12.1. The van der Waals surface area contributed by atoms with Gasteiger partial charge in [0, 0.05) is 31.7 Å². The van der Waals surface area contributed by atoms with Crippen molar-refractivity contribution < 1.29 is 4.39 Å². The van der Waals surface area contributed by atoms with E-state index in [-0.39, 0.29) is 12.1 Å². The summed E-state index contributed by atoms with van der Waals surface area (Å²) in [5.74, 6) is 0.634. The Hall–Kier alpha value is -0.150. The predicted octanol–water partition coefficient (Wildman–Crippen LogP) is 2.69. The molecule has 0 aromatic heterocycles. The summed E-state index contributed by atoms with van der Waals surface area (Å²) in [6, 6.07) is 0.962. The molecule has 102 valence electrons. The van der Waals surface area contributed by atoms with Crippen LogP contribution in [0.1, 0.15) is 41.0 Å². The van der Waals surface area contributed by atoms with Gasteiger partial charge in [0.1, 0.15) is 6.67 Å². The highest BCUT2D eigenvalue weighted by Crippen LogP contribution is 2.26. The zero-order chi connectivity index (χ0) is 13.1. The van der Waals surface area contributed by atoms with Gasteiger partial charge in [0.05, 0.1) is 0 Å². The first-order valence-electron chi connectivity index (χ1n) is 6.93. The predicted molar refractivity (Wildman–Crippen MR) is 72.0 cm³/mol. The highest BCUT2D eigenvalue weighted by atomic mass is 19.1. The molecule has 3 atom stereocenters. The van der Waals surface area contributed by atoms with Crippen LogP contribution in [-0.2, 0) is 0 Å². The Labute approximate surface area is 106 Å². The van der Waals surface area contributed by atoms with Gasteiger partial charge in [-0.2, -0.15) is 0 Å². The van der Waals surface area contributed by atoms with Gasteiger partial charge in [-0.1, -0.05) is 41.0 Å². The summed E-state index contributed by atoms with van der Waals surface area (Å²) in [4.78, 5) is 2.35. The molecule has 1 aliphatic heterocycles. The molecule has 3 heteroatoms. The molecule has 1 fully saturated rings. The Kier molecular flexibility index (Phi) is 5.39. The topological polar surface area (TPSA) is 15.3 Å². The van der Waals surface area contributed by atoms with E-state index in [0.29, 0.717) is 24.5 Å². The Balaban J connectivity index is 2.67. The largest absolute Gasteiger partial charge is 0.311 e. The number of hydrogen-bond acceptors (Lipinski definition) is 2. The highest BCUT2D eigenvalue weighted by molar-refractivity contribution is 4.93. The molecule has 0 saturated carbocycles. The second-order valence-electron chi connectivity index (χ2n) is 6.46. The average molecular weight is 244 g/mol. The summed E-state index contributed by atoms with van der Waals surface area (Å²) in [5.41, 5.74) is 0.245. The number of nitrogens with one attached hydrogen (secondary N) is 1. The lowest BCUT2D eigenvalue weighted by atomic mass is 9.83. The molecule has 17 heavy (non-hydrogen) atoms. The van der Waals surface area contributed by atoms with Gasteiger partial charge in [-0.25, -0.2) is 4.39 Å². The number of rotatable bonds is 4. The van der Waals surface area contributed by atoms with E-state index in [2.05, 4.69) is 44.8 Å². The third-order valence-corrected chi connectivity index (χ3v) is 4.18. The minimum Gasteiger partial charge on any atom is -0.311 e. The third kappa shape index (κ3) is 3.92.